The highest BCUT2D eigenvalue weighted by Gasteiger charge is 2.45. The first-order chi connectivity index (χ1) is 12.5. The molecule has 4 atom stereocenters. The molecule has 4 heterocycles. The van der Waals surface area contributed by atoms with Crippen LogP contribution in [0.4, 0.5) is 11.9 Å². The lowest BCUT2D eigenvalue weighted by atomic mass is 10.1. The largest absolute Gasteiger partial charge is 0.394 e. The van der Waals surface area contributed by atoms with Crippen LogP contribution in [0.3, 0.4) is 0 Å². The van der Waals surface area contributed by atoms with E-state index in [1.165, 1.54) is 4.57 Å². The minimum Gasteiger partial charge on any atom is -0.394 e. The van der Waals surface area contributed by atoms with Crippen LogP contribution >= 0.6 is 0 Å². The van der Waals surface area contributed by atoms with Crippen molar-refractivity contribution in [2.24, 2.45) is 0 Å². The van der Waals surface area contributed by atoms with E-state index in [1.807, 2.05) is 4.90 Å². The fraction of sp³-hybridized carbons (Fsp3) is 0.643. The van der Waals surface area contributed by atoms with Gasteiger partial charge in [-0.2, -0.15) is 4.98 Å². The predicted octanol–water partition coefficient (Wildman–Crippen LogP) is -3.28. The number of hydrogen-bond acceptors (Lipinski definition) is 10. The molecule has 4 rings (SSSR count). The van der Waals surface area contributed by atoms with Gasteiger partial charge in [-0.15, -0.1) is 0 Å². The lowest BCUT2D eigenvalue weighted by Gasteiger charge is -2.30. The standard InChI is InChI=1S/C14H21N7O5/c15-13-18-10-7(11(25)19-13)17-14(20-3-1-16-2-4-20)21(10)12-9(24)8(23)6(5-22)26-12/h6,8-9,12,16,22-24H,1-5H2,(H3,15,18,19,25)/t6-,8+,9-,12-/m0/s1. The molecule has 0 saturated carbocycles. The molecule has 2 fully saturated rings. The summed E-state index contributed by atoms with van der Waals surface area (Å²) >= 11 is 0. The molecule has 0 amide bonds. The first-order valence-electron chi connectivity index (χ1n) is 8.37. The third-order valence-corrected chi connectivity index (χ3v) is 4.72. The average Bonchev–Trinajstić information content (AvgIpc) is 3.14. The minimum absolute atomic E-state index is 0.0606. The van der Waals surface area contributed by atoms with E-state index in [4.69, 9.17) is 10.5 Å². The fourth-order valence-corrected chi connectivity index (χ4v) is 3.40. The Morgan fingerprint density at radius 3 is 2.62 bits per heavy atom. The molecule has 2 aromatic heterocycles. The van der Waals surface area contributed by atoms with Gasteiger partial charge in [0.1, 0.15) is 18.3 Å². The number of aliphatic hydroxyl groups is 3. The van der Waals surface area contributed by atoms with Crippen molar-refractivity contribution in [1.82, 2.24) is 24.8 Å². The Bertz CT molecular complexity index is 861. The quantitative estimate of drug-likeness (QED) is 0.323. The Hall–Kier alpha value is -2.25. The molecule has 2 aliphatic rings. The minimum atomic E-state index is -1.33. The van der Waals surface area contributed by atoms with Gasteiger partial charge in [-0.05, 0) is 0 Å². The summed E-state index contributed by atoms with van der Waals surface area (Å²) in [6, 6.07) is 0. The van der Waals surface area contributed by atoms with E-state index in [9.17, 15) is 20.1 Å². The summed E-state index contributed by atoms with van der Waals surface area (Å²) in [5.74, 6) is 0.294. The van der Waals surface area contributed by atoms with Crippen molar-refractivity contribution in [1.29, 1.82) is 0 Å². The lowest BCUT2D eigenvalue weighted by molar-refractivity contribution is -0.0504. The van der Waals surface area contributed by atoms with E-state index in [2.05, 4.69) is 20.3 Å². The molecular formula is C14H21N7O5. The summed E-state index contributed by atoms with van der Waals surface area (Å²) in [6.07, 6.45) is -4.63. The number of nitrogens with two attached hydrogens (primary N) is 1. The maximum absolute atomic E-state index is 12.3. The number of aliphatic hydroxyl groups excluding tert-OH is 3. The Kier molecular flexibility index (Phi) is 4.28. The van der Waals surface area contributed by atoms with Crippen molar-refractivity contribution in [3.63, 3.8) is 0 Å². The van der Waals surface area contributed by atoms with Crippen LogP contribution in [0.25, 0.3) is 11.2 Å². The van der Waals surface area contributed by atoms with Crippen LogP contribution in [-0.4, -0.2) is 85.9 Å². The maximum atomic E-state index is 12.3. The number of H-pyrrole nitrogens is 1. The lowest BCUT2D eigenvalue weighted by Crippen LogP contribution is -2.45. The van der Waals surface area contributed by atoms with Crippen LogP contribution in [0, 0.1) is 0 Å². The van der Waals surface area contributed by atoms with Crippen LogP contribution in [0.15, 0.2) is 4.79 Å². The van der Waals surface area contributed by atoms with Gasteiger partial charge in [0.2, 0.25) is 11.9 Å². The number of aromatic nitrogens is 4. The molecule has 0 bridgehead atoms. The van der Waals surface area contributed by atoms with Crippen LogP contribution < -0.4 is 21.5 Å². The number of ether oxygens (including phenoxy) is 1. The first-order valence-corrected chi connectivity index (χ1v) is 8.37. The van der Waals surface area contributed by atoms with Crippen LogP contribution in [0.1, 0.15) is 6.23 Å². The van der Waals surface area contributed by atoms with Crippen molar-refractivity contribution in [3.05, 3.63) is 10.4 Å². The van der Waals surface area contributed by atoms with E-state index in [1.54, 1.807) is 0 Å². The van der Waals surface area contributed by atoms with E-state index >= 15 is 0 Å². The molecule has 7 N–H and O–H groups in total. The van der Waals surface area contributed by atoms with Crippen molar-refractivity contribution in [2.75, 3.05) is 43.4 Å². The zero-order valence-corrected chi connectivity index (χ0v) is 13.9. The smallest absolute Gasteiger partial charge is 0.280 e. The Labute approximate surface area is 147 Å². The molecule has 2 aliphatic heterocycles. The number of aromatic amines is 1. The third-order valence-electron chi connectivity index (χ3n) is 4.72. The van der Waals surface area contributed by atoms with Crippen LogP contribution in [0.5, 0.6) is 0 Å². The summed E-state index contributed by atoms with van der Waals surface area (Å²) in [5.41, 5.74) is 5.37. The third kappa shape index (κ3) is 2.62. The number of rotatable bonds is 3. The summed E-state index contributed by atoms with van der Waals surface area (Å²) in [7, 11) is 0. The Morgan fingerprint density at radius 2 is 1.96 bits per heavy atom. The normalized spacial score (nSPS) is 29.6. The summed E-state index contributed by atoms with van der Waals surface area (Å²) in [4.78, 5) is 25.1. The van der Waals surface area contributed by atoms with Gasteiger partial charge in [-0.1, -0.05) is 0 Å². The molecule has 0 aromatic carbocycles. The van der Waals surface area contributed by atoms with Crippen LogP contribution in [0.2, 0.25) is 0 Å². The first kappa shape index (κ1) is 17.2. The molecule has 12 heteroatoms. The van der Waals surface area contributed by atoms with Gasteiger partial charge in [0, 0.05) is 26.2 Å². The van der Waals surface area contributed by atoms with Gasteiger partial charge in [0.25, 0.3) is 5.56 Å². The molecule has 0 spiro atoms. The topological polar surface area (TPSA) is 175 Å². The molecule has 2 aromatic rings. The molecule has 12 nitrogen and oxygen atoms in total. The summed E-state index contributed by atoms with van der Waals surface area (Å²) < 4.78 is 7.10. The zero-order chi connectivity index (χ0) is 18.4. The molecular weight excluding hydrogens is 346 g/mol. The molecule has 26 heavy (non-hydrogen) atoms. The number of anilines is 2. The van der Waals surface area contributed by atoms with Gasteiger partial charge in [-0.25, -0.2) is 4.98 Å². The number of imidazole rings is 1. The second-order valence-electron chi connectivity index (χ2n) is 6.37. The molecule has 0 radical (unpaired) electrons. The number of nitrogens with one attached hydrogen (secondary N) is 2. The van der Waals surface area contributed by atoms with Crippen molar-refractivity contribution in [2.45, 2.75) is 24.5 Å². The summed E-state index contributed by atoms with van der Waals surface area (Å²) in [6.45, 7) is 2.26. The predicted molar refractivity (Wildman–Crippen MR) is 90.7 cm³/mol. The fourth-order valence-electron chi connectivity index (χ4n) is 3.40. The van der Waals surface area contributed by atoms with Crippen LogP contribution in [-0.2, 0) is 4.74 Å². The van der Waals surface area contributed by atoms with Crippen molar-refractivity contribution in [3.8, 4) is 0 Å². The maximum Gasteiger partial charge on any atom is 0.280 e. The number of hydrogen-bond donors (Lipinski definition) is 6. The van der Waals surface area contributed by atoms with E-state index in [0.29, 0.717) is 19.0 Å². The number of nitrogen functional groups attached to an aromatic ring is 1. The van der Waals surface area contributed by atoms with Gasteiger partial charge < -0.3 is 36.0 Å². The number of nitrogens with zero attached hydrogens (tertiary/aromatic N) is 4. The highest BCUT2D eigenvalue weighted by atomic mass is 16.6. The number of piperazine rings is 1. The van der Waals surface area contributed by atoms with Gasteiger partial charge in [-0.3, -0.25) is 14.3 Å². The van der Waals surface area contributed by atoms with Gasteiger partial charge in [0.05, 0.1) is 6.61 Å². The highest BCUT2D eigenvalue weighted by molar-refractivity contribution is 5.75. The van der Waals surface area contributed by atoms with Gasteiger partial charge >= 0.3 is 0 Å². The molecule has 142 valence electrons. The second-order valence-corrected chi connectivity index (χ2v) is 6.37. The van der Waals surface area contributed by atoms with E-state index in [0.717, 1.165) is 13.1 Å². The monoisotopic (exact) mass is 367 g/mol. The van der Waals surface area contributed by atoms with Crippen molar-refractivity contribution >= 4 is 23.1 Å². The molecule has 0 aliphatic carbocycles. The zero-order valence-electron chi connectivity index (χ0n) is 13.9. The SMILES string of the molecule is Nc1nc2c(nc(N3CCNCC3)n2[C@H]2O[C@@H](CO)[C@@H](O)[C@@H]2O)c(=O)[nH]1. The Balaban J connectivity index is 1.89. The number of fused-ring (bicyclic) bond motifs is 1. The summed E-state index contributed by atoms with van der Waals surface area (Å²) in [5, 5.41) is 33.1. The second kappa shape index (κ2) is 6.48. The Morgan fingerprint density at radius 1 is 1.23 bits per heavy atom. The molecule has 2 saturated heterocycles. The average molecular weight is 367 g/mol. The van der Waals surface area contributed by atoms with E-state index in [-0.39, 0.29) is 17.1 Å². The van der Waals surface area contributed by atoms with Gasteiger partial charge in [0.15, 0.2) is 17.4 Å². The van der Waals surface area contributed by atoms with Crippen molar-refractivity contribution < 1.29 is 20.1 Å². The molecule has 0 unspecified atom stereocenters. The highest BCUT2D eigenvalue weighted by Crippen LogP contribution is 2.35. The van der Waals surface area contributed by atoms with E-state index < -0.39 is 36.7 Å².